The molecule has 3 N–H and O–H groups in total. The zero-order valence-corrected chi connectivity index (χ0v) is 12.5. The van der Waals surface area contributed by atoms with Gasteiger partial charge in [-0.1, -0.05) is 18.2 Å². The standard InChI is InChI=1S/C16H17N5O2/c17-14-13(18-8-9-19-14)15(22)20-12-7-4-10-21(16(12)23)11-5-2-1-3-6-11/h1-3,5-6,8-9,12H,4,7,10H2,(H2,17,19)(H,20,22). The lowest BCUT2D eigenvalue weighted by atomic mass is 10.0. The topological polar surface area (TPSA) is 101 Å². The van der Waals surface area contributed by atoms with Crippen LogP contribution < -0.4 is 16.0 Å². The lowest BCUT2D eigenvalue weighted by Gasteiger charge is -2.32. The van der Waals surface area contributed by atoms with Crippen molar-refractivity contribution in [3.05, 3.63) is 48.4 Å². The lowest BCUT2D eigenvalue weighted by Crippen LogP contribution is -2.52. The summed E-state index contributed by atoms with van der Waals surface area (Å²) in [7, 11) is 0. The molecule has 1 atom stereocenters. The molecule has 0 radical (unpaired) electrons. The fourth-order valence-corrected chi connectivity index (χ4v) is 2.62. The number of rotatable bonds is 3. The van der Waals surface area contributed by atoms with Crippen LogP contribution in [0.2, 0.25) is 0 Å². The normalized spacial score (nSPS) is 17.8. The van der Waals surface area contributed by atoms with Crippen LogP contribution in [0.25, 0.3) is 0 Å². The molecule has 0 aliphatic carbocycles. The maximum absolute atomic E-state index is 12.6. The van der Waals surface area contributed by atoms with Crippen LogP contribution in [-0.4, -0.2) is 34.4 Å². The van der Waals surface area contributed by atoms with Gasteiger partial charge < -0.3 is 16.0 Å². The number of amides is 2. The van der Waals surface area contributed by atoms with Crippen LogP contribution in [-0.2, 0) is 4.79 Å². The maximum Gasteiger partial charge on any atom is 0.274 e. The highest BCUT2D eigenvalue weighted by atomic mass is 16.2. The Morgan fingerprint density at radius 1 is 1.22 bits per heavy atom. The third kappa shape index (κ3) is 3.13. The third-order valence-electron chi connectivity index (χ3n) is 3.75. The summed E-state index contributed by atoms with van der Waals surface area (Å²) in [4.78, 5) is 34.3. The highest BCUT2D eigenvalue weighted by Gasteiger charge is 2.31. The average Bonchev–Trinajstić information content (AvgIpc) is 2.58. The molecule has 1 aromatic heterocycles. The first-order valence-corrected chi connectivity index (χ1v) is 7.40. The van der Waals surface area contributed by atoms with Crippen LogP contribution in [0, 0.1) is 0 Å². The number of carbonyl (C=O) groups is 2. The largest absolute Gasteiger partial charge is 0.382 e. The number of benzene rings is 1. The van der Waals surface area contributed by atoms with Gasteiger partial charge in [-0.15, -0.1) is 0 Å². The van der Waals surface area contributed by atoms with Crippen LogP contribution in [0.15, 0.2) is 42.7 Å². The second-order valence-corrected chi connectivity index (χ2v) is 5.28. The quantitative estimate of drug-likeness (QED) is 0.880. The van der Waals surface area contributed by atoms with Gasteiger partial charge in [0, 0.05) is 24.6 Å². The number of carbonyl (C=O) groups excluding carboxylic acids is 2. The molecule has 7 heteroatoms. The number of aromatic nitrogens is 2. The second-order valence-electron chi connectivity index (χ2n) is 5.28. The van der Waals surface area contributed by atoms with Crippen LogP contribution in [0.5, 0.6) is 0 Å². The van der Waals surface area contributed by atoms with Gasteiger partial charge in [0.1, 0.15) is 6.04 Å². The summed E-state index contributed by atoms with van der Waals surface area (Å²) in [5.41, 5.74) is 6.52. The molecule has 2 aromatic rings. The molecule has 1 fully saturated rings. The molecule has 2 amide bonds. The van der Waals surface area contributed by atoms with Crippen molar-refractivity contribution in [2.75, 3.05) is 17.2 Å². The Morgan fingerprint density at radius 3 is 2.70 bits per heavy atom. The Kier molecular flexibility index (Phi) is 4.18. The van der Waals surface area contributed by atoms with Crippen LogP contribution >= 0.6 is 0 Å². The molecule has 0 bridgehead atoms. The van der Waals surface area contributed by atoms with E-state index in [0.29, 0.717) is 13.0 Å². The van der Waals surface area contributed by atoms with Gasteiger partial charge in [-0.2, -0.15) is 0 Å². The predicted octanol–water partition coefficient (Wildman–Crippen LogP) is 0.984. The average molecular weight is 311 g/mol. The molecule has 1 aliphatic heterocycles. The van der Waals surface area contributed by atoms with Crippen molar-refractivity contribution in [3.8, 4) is 0 Å². The van der Waals surface area contributed by atoms with E-state index >= 15 is 0 Å². The van der Waals surface area contributed by atoms with Crippen molar-refractivity contribution in [2.24, 2.45) is 0 Å². The van der Waals surface area contributed by atoms with Gasteiger partial charge in [0.2, 0.25) is 5.91 Å². The minimum atomic E-state index is -0.585. The molecule has 0 spiro atoms. The van der Waals surface area contributed by atoms with E-state index in [9.17, 15) is 9.59 Å². The Balaban J connectivity index is 1.74. The number of hydrogen-bond donors (Lipinski definition) is 2. The van der Waals surface area contributed by atoms with Crippen molar-refractivity contribution in [3.63, 3.8) is 0 Å². The highest BCUT2D eigenvalue weighted by molar-refractivity contribution is 6.03. The first-order chi connectivity index (χ1) is 11.2. The van der Waals surface area contributed by atoms with Gasteiger partial charge in [-0.3, -0.25) is 9.59 Å². The van der Waals surface area contributed by atoms with Crippen LogP contribution in [0.1, 0.15) is 23.3 Å². The van der Waals surface area contributed by atoms with Gasteiger partial charge in [-0.25, -0.2) is 9.97 Å². The molecule has 23 heavy (non-hydrogen) atoms. The number of nitrogens with zero attached hydrogens (tertiary/aromatic N) is 3. The maximum atomic E-state index is 12.6. The van der Waals surface area contributed by atoms with E-state index in [4.69, 9.17) is 5.73 Å². The van der Waals surface area contributed by atoms with Crippen molar-refractivity contribution >= 4 is 23.3 Å². The van der Waals surface area contributed by atoms with Crippen LogP contribution in [0.4, 0.5) is 11.5 Å². The van der Waals surface area contributed by atoms with E-state index in [1.807, 2.05) is 30.3 Å². The Labute approximate surface area is 133 Å². The van der Waals surface area contributed by atoms with E-state index in [1.54, 1.807) is 4.90 Å². The van der Waals surface area contributed by atoms with Crippen LogP contribution in [0.3, 0.4) is 0 Å². The Hall–Kier alpha value is -2.96. The van der Waals surface area contributed by atoms with Gasteiger partial charge in [0.15, 0.2) is 11.5 Å². The minimum Gasteiger partial charge on any atom is -0.382 e. The lowest BCUT2D eigenvalue weighted by molar-refractivity contribution is -0.121. The highest BCUT2D eigenvalue weighted by Crippen LogP contribution is 2.21. The molecule has 1 aromatic carbocycles. The summed E-state index contributed by atoms with van der Waals surface area (Å²) in [5.74, 6) is -0.560. The number of nitrogens with one attached hydrogen (secondary N) is 1. The summed E-state index contributed by atoms with van der Waals surface area (Å²) in [6, 6.07) is 8.83. The molecule has 1 saturated heterocycles. The van der Waals surface area contributed by atoms with E-state index < -0.39 is 11.9 Å². The number of nitrogen functional groups attached to an aromatic ring is 1. The van der Waals surface area contributed by atoms with E-state index in [1.165, 1.54) is 12.4 Å². The molecule has 1 unspecified atom stereocenters. The summed E-state index contributed by atoms with van der Waals surface area (Å²) in [5, 5.41) is 2.71. The van der Waals surface area contributed by atoms with E-state index in [2.05, 4.69) is 15.3 Å². The van der Waals surface area contributed by atoms with E-state index in [-0.39, 0.29) is 17.4 Å². The smallest absolute Gasteiger partial charge is 0.274 e. The monoisotopic (exact) mass is 311 g/mol. The first-order valence-electron chi connectivity index (χ1n) is 7.40. The zero-order chi connectivity index (χ0) is 16.2. The second kappa shape index (κ2) is 6.43. The van der Waals surface area contributed by atoms with Gasteiger partial charge in [0.05, 0.1) is 0 Å². The van der Waals surface area contributed by atoms with Crippen molar-refractivity contribution in [2.45, 2.75) is 18.9 Å². The van der Waals surface area contributed by atoms with Gasteiger partial charge in [-0.05, 0) is 25.0 Å². The summed E-state index contributed by atoms with van der Waals surface area (Å²) < 4.78 is 0. The van der Waals surface area contributed by atoms with E-state index in [0.717, 1.165) is 12.1 Å². The number of para-hydroxylation sites is 1. The molecular weight excluding hydrogens is 294 g/mol. The third-order valence-corrected chi connectivity index (χ3v) is 3.75. The molecule has 118 valence electrons. The summed E-state index contributed by atoms with van der Waals surface area (Å²) >= 11 is 0. The van der Waals surface area contributed by atoms with Crippen molar-refractivity contribution < 1.29 is 9.59 Å². The Morgan fingerprint density at radius 2 is 1.96 bits per heavy atom. The fourth-order valence-electron chi connectivity index (χ4n) is 2.62. The number of nitrogens with two attached hydrogens (primary N) is 1. The predicted molar refractivity (Wildman–Crippen MR) is 85.7 cm³/mol. The number of anilines is 2. The molecule has 3 rings (SSSR count). The molecular formula is C16H17N5O2. The van der Waals surface area contributed by atoms with Gasteiger partial charge in [0.25, 0.3) is 5.91 Å². The molecule has 2 heterocycles. The molecule has 0 saturated carbocycles. The Bertz CT molecular complexity index is 719. The van der Waals surface area contributed by atoms with Crippen molar-refractivity contribution in [1.82, 2.24) is 15.3 Å². The molecule has 1 aliphatic rings. The summed E-state index contributed by atoms with van der Waals surface area (Å²) in [6.45, 7) is 0.641. The number of piperidine rings is 1. The van der Waals surface area contributed by atoms with Gasteiger partial charge >= 0.3 is 0 Å². The molecule has 7 nitrogen and oxygen atoms in total. The zero-order valence-electron chi connectivity index (χ0n) is 12.5. The van der Waals surface area contributed by atoms with Crippen molar-refractivity contribution in [1.29, 1.82) is 0 Å². The SMILES string of the molecule is Nc1nccnc1C(=O)NC1CCCN(c2ccccc2)C1=O. The fraction of sp³-hybridized carbons (Fsp3) is 0.250. The minimum absolute atomic E-state index is 0.0390. The number of hydrogen-bond acceptors (Lipinski definition) is 5. The summed E-state index contributed by atoms with van der Waals surface area (Å²) in [6.07, 6.45) is 4.20. The first kappa shape index (κ1) is 15.0.